The maximum absolute atomic E-state index is 10.8. The molecule has 0 aliphatic rings. The first-order valence-electron chi connectivity index (χ1n) is 5.67. The molecule has 1 heterocycles. The summed E-state index contributed by atoms with van der Waals surface area (Å²) in [5.41, 5.74) is 5.52. The highest BCUT2D eigenvalue weighted by atomic mass is 16.5. The van der Waals surface area contributed by atoms with Crippen molar-refractivity contribution in [2.45, 2.75) is 13.8 Å². The Morgan fingerprint density at radius 1 is 1.53 bits per heavy atom. The molecule has 3 N–H and O–H groups in total. The van der Waals surface area contributed by atoms with Crippen molar-refractivity contribution in [3.63, 3.8) is 0 Å². The van der Waals surface area contributed by atoms with Crippen LogP contribution < -0.4 is 11.1 Å². The molecule has 1 rings (SSSR count). The lowest BCUT2D eigenvalue weighted by molar-refractivity contribution is 0.1000. The number of anilines is 1. The fourth-order valence-electron chi connectivity index (χ4n) is 1.21. The van der Waals surface area contributed by atoms with Gasteiger partial charge < -0.3 is 15.8 Å². The third kappa shape index (κ3) is 5.31. The lowest BCUT2D eigenvalue weighted by Gasteiger charge is -2.08. The summed E-state index contributed by atoms with van der Waals surface area (Å²) in [5, 5.41) is 3.10. The summed E-state index contributed by atoms with van der Waals surface area (Å²) in [4.78, 5) is 14.9. The van der Waals surface area contributed by atoms with Crippen molar-refractivity contribution in [1.82, 2.24) is 4.98 Å². The monoisotopic (exact) mass is 237 g/mol. The molecule has 0 fully saturated rings. The molecular formula is C12H19N3O2. The molecule has 0 unspecified atom stereocenters. The number of nitrogens with two attached hydrogens (primary N) is 1. The van der Waals surface area contributed by atoms with E-state index in [1.54, 1.807) is 12.1 Å². The number of primary amides is 1. The van der Waals surface area contributed by atoms with Crippen molar-refractivity contribution in [2.24, 2.45) is 11.7 Å². The van der Waals surface area contributed by atoms with Crippen LogP contribution in [0.4, 0.5) is 5.82 Å². The molecule has 0 atom stereocenters. The largest absolute Gasteiger partial charge is 0.379 e. The molecule has 0 radical (unpaired) electrons. The molecule has 1 aromatic heterocycles. The Labute approximate surface area is 101 Å². The predicted octanol–water partition coefficient (Wildman–Crippen LogP) is 1.26. The number of carbonyl (C=O) groups excluding carboxylic acids is 1. The van der Waals surface area contributed by atoms with Crippen LogP contribution in [-0.2, 0) is 4.74 Å². The molecule has 5 heteroatoms. The summed E-state index contributed by atoms with van der Waals surface area (Å²) >= 11 is 0. The van der Waals surface area contributed by atoms with E-state index in [4.69, 9.17) is 10.5 Å². The standard InChI is InChI=1S/C12H19N3O2/c1-9(2)8-17-6-5-14-11-4-3-10(7-15-11)12(13)16/h3-4,7,9H,5-6,8H2,1-2H3,(H2,13,16)(H,14,15). The molecule has 1 amide bonds. The maximum Gasteiger partial charge on any atom is 0.250 e. The fraction of sp³-hybridized carbons (Fsp3) is 0.500. The average Bonchev–Trinajstić information content (AvgIpc) is 2.29. The molecule has 0 saturated carbocycles. The molecule has 0 aliphatic heterocycles. The fourth-order valence-corrected chi connectivity index (χ4v) is 1.21. The summed E-state index contributed by atoms with van der Waals surface area (Å²) in [6.45, 7) is 6.30. The molecule has 0 spiro atoms. The first kappa shape index (κ1) is 13.4. The van der Waals surface area contributed by atoms with Crippen LogP contribution >= 0.6 is 0 Å². The number of pyridine rings is 1. The molecule has 0 bridgehead atoms. The molecule has 1 aromatic rings. The molecule has 94 valence electrons. The van der Waals surface area contributed by atoms with E-state index in [9.17, 15) is 4.79 Å². The van der Waals surface area contributed by atoms with Gasteiger partial charge in [0, 0.05) is 19.3 Å². The van der Waals surface area contributed by atoms with E-state index in [0.717, 1.165) is 6.61 Å². The zero-order valence-corrected chi connectivity index (χ0v) is 10.3. The Hall–Kier alpha value is -1.62. The molecule has 0 saturated heterocycles. The highest BCUT2D eigenvalue weighted by Crippen LogP contribution is 2.03. The van der Waals surface area contributed by atoms with E-state index in [0.29, 0.717) is 30.5 Å². The van der Waals surface area contributed by atoms with E-state index in [-0.39, 0.29) is 0 Å². The first-order chi connectivity index (χ1) is 8.09. The molecule has 0 aliphatic carbocycles. The Morgan fingerprint density at radius 2 is 2.29 bits per heavy atom. The second kappa shape index (κ2) is 6.85. The van der Waals surface area contributed by atoms with Gasteiger partial charge in [0.2, 0.25) is 5.91 Å². The molecule has 5 nitrogen and oxygen atoms in total. The van der Waals surface area contributed by atoms with Crippen LogP contribution in [0.5, 0.6) is 0 Å². The van der Waals surface area contributed by atoms with Crippen molar-refractivity contribution in [1.29, 1.82) is 0 Å². The van der Waals surface area contributed by atoms with Gasteiger partial charge in [-0.15, -0.1) is 0 Å². The van der Waals surface area contributed by atoms with E-state index >= 15 is 0 Å². The van der Waals surface area contributed by atoms with Gasteiger partial charge in [0.25, 0.3) is 0 Å². The second-order valence-electron chi connectivity index (χ2n) is 4.19. The minimum Gasteiger partial charge on any atom is -0.379 e. The van der Waals surface area contributed by atoms with E-state index in [1.807, 2.05) is 0 Å². The third-order valence-electron chi connectivity index (χ3n) is 2.05. The molecular weight excluding hydrogens is 218 g/mol. The van der Waals surface area contributed by atoms with E-state index in [2.05, 4.69) is 24.1 Å². The van der Waals surface area contributed by atoms with Gasteiger partial charge in [-0.05, 0) is 18.1 Å². The van der Waals surface area contributed by atoms with Crippen molar-refractivity contribution in [3.8, 4) is 0 Å². The quantitative estimate of drug-likeness (QED) is 0.700. The predicted molar refractivity (Wildman–Crippen MR) is 66.9 cm³/mol. The van der Waals surface area contributed by atoms with Crippen LogP contribution in [0.25, 0.3) is 0 Å². The number of carbonyl (C=O) groups is 1. The maximum atomic E-state index is 10.8. The first-order valence-corrected chi connectivity index (χ1v) is 5.67. The van der Waals surface area contributed by atoms with Gasteiger partial charge in [-0.2, -0.15) is 0 Å². The smallest absolute Gasteiger partial charge is 0.250 e. The normalized spacial score (nSPS) is 10.5. The van der Waals surface area contributed by atoms with Crippen LogP contribution in [0.2, 0.25) is 0 Å². The Kier molecular flexibility index (Phi) is 5.42. The minimum absolute atomic E-state index is 0.409. The van der Waals surface area contributed by atoms with Gasteiger partial charge in [-0.25, -0.2) is 4.98 Å². The summed E-state index contributed by atoms with van der Waals surface area (Å²) < 4.78 is 5.41. The van der Waals surface area contributed by atoms with Crippen molar-refractivity contribution in [2.75, 3.05) is 25.1 Å². The van der Waals surface area contributed by atoms with Crippen molar-refractivity contribution < 1.29 is 9.53 Å². The zero-order chi connectivity index (χ0) is 12.7. The van der Waals surface area contributed by atoms with Gasteiger partial charge in [-0.3, -0.25) is 4.79 Å². The number of rotatable bonds is 7. The SMILES string of the molecule is CC(C)COCCNc1ccc(C(N)=O)cn1. The van der Waals surface area contributed by atoms with Gasteiger partial charge in [0.1, 0.15) is 5.82 Å². The van der Waals surface area contributed by atoms with E-state index < -0.39 is 5.91 Å². The van der Waals surface area contributed by atoms with Gasteiger partial charge in [-0.1, -0.05) is 13.8 Å². The Morgan fingerprint density at radius 3 is 2.82 bits per heavy atom. The number of hydrogen-bond donors (Lipinski definition) is 2. The number of amides is 1. The minimum atomic E-state index is -0.468. The van der Waals surface area contributed by atoms with Crippen molar-refractivity contribution in [3.05, 3.63) is 23.9 Å². The van der Waals surface area contributed by atoms with Crippen LogP contribution in [-0.4, -0.2) is 30.6 Å². The lowest BCUT2D eigenvalue weighted by Crippen LogP contribution is -2.14. The van der Waals surface area contributed by atoms with Gasteiger partial charge in [0.15, 0.2) is 0 Å². The van der Waals surface area contributed by atoms with Gasteiger partial charge >= 0.3 is 0 Å². The van der Waals surface area contributed by atoms with Crippen LogP contribution in [0.1, 0.15) is 24.2 Å². The van der Waals surface area contributed by atoms with E-state index in [1.165, 1.54) is 6.20 Å². The van der Waals surface area contributed by atoms with Crippen LogP contribution in [0.3, 0.4) is 0 Å². The molecule has 0 aromatic carbocycles. The number of hydrogen-bond acceptors (Lipinski definition) is 4. The van der Waals surface area contributed by atoms with Crippen LogP contribution in [0, 0.1) is 5.92 Å². The van der Waals surface area contributed by atoms with Gasteiger partial charge in [0.05, 0.1) is 12.2 Å². The summed E-state index contributed by atoms with van der Waals surface area (Å²) in [6.07, 6.45) is 1.46. The Bertz CT molecular complexity index is 349. The zero-order valence-electron chi connectivity index (χ0n) is 10.3. The summed E-state index contributed by atoms with van der Waals surface area (Å²) in [7, 11) is 0. The number of nitrogens with one attached hydrogen (secondary N) is 1. The highest BCUT2D eigenvalue weighted by molar-refractivity contribution is 5.92. The van der Waals surface area contributed by atoms with Crippen molar-refractivity contribution >= 4 is 11.7 Å². The lowest BCUT2D eigenvalue weighted by atomic mass is 10.2. The Balaban J connectivity index is 2.25. The number of ether oxygens (including phenoxy) is 1. The third-order valence-corrected chi connectivity index (χ3v) is 2.05. The highest BCUT2D eigenvalue weighted by Gasteiger charge is 2.00. The topological polar surface area (TPSA) is 77.2 Å². The average molecular weight is 237 g/mol. The summed E-state index contributed by atoms with van der Waals surface area (Å²) in [6, 6.07) is 3.37. The number of nitrogens with zero attached hydrogens (tertiary/aromatic N) is 1. The second-order valence-corrected chi connectivity index (χ2v) is 4.19. The molecule has 17 heavy (non-hydrogen) atoms. The number of aromatic nitrogens is 1. The van der Waals surface area contributed by atoms with Crippen LogP contribution in [0.15, 0.2) is 18.3 Å². The summed E-state index contributed by atoms with van der Waals surface area (Å²) in [5.74, 6) is 0.787.